The fourth-order valence-electron chi connectivity index (χ4n) is 3.67. The minimum absolute atomic E-state index is 0.0671. The minimum Gasteiger partial charge on any atom is -0.337 e. The molecule has 0 saturated carbocycles. The number of carbonyl (C=O) groups excluding carboxylic acids is 1. The zero-order valence-electron chi connectivity index (χ0n) is 13.5. The normalized spacial score (nSPS) is 22.3. The lowest BCUT2D eigenvalue weighted by molar-refractivity contribution is 0.0766. The maximum atomic E-state index is 12.6. The topological polar surface area (TPSA) is 90.1 Å². The first-order valence-corrected chi connectivity index (χ1v) is 8.65. The molecule has 1 spiro atoms. The molecule has 1 amide bonds. The molecule has 126 valence electrons. The van der Waals surface area contributed by atoms with Crippen molar-refractivity contribution in [3.63, 3.8) is 0 Å². The maximum Gasteiger partial charge on any atom is 0.332 e. The molecule has 0 N–H and O–H groups in total. The van der Waals surface area contributed by atoms with Gasteiger partial charge in [0.05, 0.1) is 5.01 Å². The zero-order valence-corrected chi connectivity index (χ0v) is 14.3. The fraction of sp³-hybridized carbons (Fsp3) is 0.533. The molecule has 1 saturated heterocycles. The van der Waals surface area contributed by atoms with E-state index in [9.17, 15) is 14.4 Å². The van der Waals surface area contributed by atoms with Gasteiger partial charge in [-0.15, -0.1) is 11.3 Å². The highest BCUT2D eigenvalue weighted by molar-refractivity contribution is 7.09. The largest absolute Gasteiger partial charge is 0.337 e. The summed E-state index contributed by atoms with van der Waals surface area (Å²) in [7, 11) is 1.49. The molecule has 0 bridgehead atoms. The molecular weight excluding hydrogens is 330 g/mol. The molecule has 2 aliphatic rings. The summed E-state index contributed by atoms with van der Waals surface area (Å²) in [6.45, 7) is 3.51. The van der Waals surface area contributed by atoms with E-state index in [-0.39, 0.29) is 11.3 Å². The van der Waals surface area contributed by atoms with Gasteiger partial charge < -0.3 is 4.90 Å². The molecule has 9 heteroatoms. The van der Waals surface area contributed by atoms with Gasteiger partial charge in [-0.3, -0.25) is 19.0 Å². The first-order valence-electron chi connectivity index (χ1n) is 7.77. The zero-order chi connectivity index (χ0) is 17.1. The van der Waals surface area contributed by atoms with Crippen LogP contribution in [0.2, 0.25) is 0 Å². The number of rotatable bonds is 1. The van der Waals surface area contributed by atoms with Crippen LogP contribution in [0.4, 0.5) is 0 Å². The Bertz CT molecular complexity index is 959. The number of hydrogen-bond donors (Lipinski definition) is 0. The predicted octanol–water partition coefficient (Wildman–Crippen LogP) is -0.204. The first kappa shape index (κ1) is 15.3. The Morgan fingerprint density at radius 2 is 2.08 bits per heavy atom. The minimum atomic E-state index is -0.611. The van der Waals surface area contributed by atoms with Crippen LogP contribution in [-0.4, -0.2) is 43.2 Å². The van der Waals surface area contributed by atoms with Gasteiger partial charge >= 0.3 is 11.1 Å². The third-order valence-corrected chi connectivity index (χ3v) is 5.66. The van der Waals surface area contributed by atoms with Gasteiger partial charge in [-0.2, -0.15) is 5.10 Å². The summed E-state index contributed by atoms with van der Waals surface area (Å²) in [5.41, 5.74) is -0.867. The van der Waals surface area contributed by atoms with Gasteiger partial charge in [-0.1, -0.05) is 0 Å². The molecule has 0 unspecified atom stereocenters. The van der Waals surface area contributed by atoms with Crippen LogP contribution < -0.4 is 11.1 Å². The fourth-order valence-corrected chi connectivity index (χ4v) is 4.26. The molecule has 4 rings (SSSR count). The van der Waals surface area contributed by atoms with Crippen molar-refractivity contribution in [3.05, 3.63) is 42.6 Å². The van der Waals surface area contributed by atoms with Crippen molar-refractivity contribution in [1.29, 1.82) is 0 Å². The van der Waals surface area contributed by atoms with Crippen molar-refractivity contribution in [2.45, 2.75) is 26.3 Å². The summed E-state index contributed by atoms with van der Waals surface area (Å²) in [4.78, 5) is 42.6. The summed E-state index contributed by atoms with van der Waals surface area (Å²) >= 11 is 1.46. The van der Waals surface area contributed by atoms with E-state index in [0.717, 1.165) is 16.1 Å². The average Bonchev–Trinajstić information content (AvgIpc) is 3.24. The number of thiazole rings is 1. The molecule has 24 heavy (non-hydrogen) atoms. The second-order valence-electron chi connectivity index (χ2n) is 6.64. The second kappa shape index (κ2) is 5.10. The van der Waals surface area contributed by atoms with Gasteiger partial charge in [0.1, 0.15) is 11.5 Å². The Morgan fingerprint density at radius 1 is 1.29 bits per heavy atom. The standard InChI is InChI=1S/C15H17N5O3S/c1-9-16-10(6-24-9)12(21)19-4-3-15(7-19)5-11-17-18(2)13(22)14(23)20(11)8-15/h6H,3-5,7-8H2,1-2H3/t15-/m0/s1. The molecule has 1 atom stereocenters. The van der Waals surface area contributed by atoms with Crippen LogP contribution >= 0.6 is 11.3 Å². The van der Waals surface area contributed by atoms with Crippen LogP contribution in [0.15, 0.2) is 15.0 Å². The molecule has 0 aromatic carbocycles. The van der Waals surface area contributed by atoms with Crippen molar-refractivity contribution in [2.75, 3.05) is 13.1 Å². The highest BCUT2D eigenvalue weighted by atomic mass is 32.1. The summed E-state index contributed by atoms with van der Waals surface area (Å²) < 4.78 is 2.58. The predicted molar refractivity (Wildman–Crippen MR) is 87.2 cm³/mol. The van der Waals surface area contributed by atoms with Crippen molar-refractivity contribution < 1.29 is 4.79 Å². The first-order chi connectivity index (χ1) is 11.4. The van der Waals surface area contributed by atoms with Crippen molar-refractivity contribution in [1.82, 2.24) is 24.2 Å². The molecular formula is C15H17N5O3S. The summed E-state index contributed by atoms with van der Waals surface area (Å²) in [6, 6.07) is 0. The summed E-state index contributed by atoms with van der Waals surface area (Å²) in [6.07, 6.45) is 1.40. The number of aryl methyl sites for hydroxylation is 2. The molecule has 0 radical (unpaired) electrons. The molecule has 2 aromatic rings. The lowest BCUT2D eigenvalue weighted by Crippen LogP contribution is -2.42. The highest BCUT2D eigenvalue weighted by Crippen LogP contribution is 2.39. The Kier molecular flexibility index (Phi) is 3.24. The Morgan fingerprint density at radius 3 is 2.79 bits per heavy atom. The van der Waals surface area contributed by atoms with E-state index in [0.29, 0.717) is 37.6 Å². The van der Waals surface area contributed by atoms with Crippen molar-refractivity contribution in [2.24, 2.45) is 12.5 Å². The Labute approximate surface area is 141 Å². The lowest BCUT2D eigenvalue weighted by Gasteiger charge is -2.22. The van der Waals surface area contributed by atoms with E-state index in [1.165, 1.54) is 23.0 Å². The second-order valence-corrected chi connectivity index (χ2v) is 7.70. The van der Waals surface area contributed by atoms with Gasteiger partial charge in [-0.25, -0.2) is 9.67 Å². The molecule has 1 fully saturated rings. The van der Waals surface area contributed by atoms with Crippen LogP contribution in [0.25, 0.3) is 0 Å². The number of nitrogens with zero attached hydrogens (tertiary/aromatic N) is 5. The Balaban J connectivity index is 1.59. The van der Waals surface area contributed by atoms with Crippen LogP contribution in [-0.2, 0) is 20.0 Å². The van der Waals surface area contributed by atoms with Crippen LogP contribution in [0.5, 0.6) is 0 Å². The quantitative estimate of drug-likeness (QED) is 0.666. The number of likely N-dealkylation sites (tertiary alicyclic amines) is 1. The van der Waals surface area contributed by atoms with Gasteiger partial charge in [0, 0.05) is 43.9 Å². The number of aromatic nitrogens is 4. The summed E-state index contributed by atoms with van der Waals surface area (Å²) in [5, 5.41) is 6.86. The molecule has 2 aliphatic heterocycles. The van der Waals surface area contributed by atoms with E-state index in [4.69, 9.17) is 0 Å². The SMILES string of the molecule is Cc1nc(C(=O)N2CC[C@]3(Cc4nn(C)c(=O)c(=O)n4C3)C2)cs1. The third-order valence-electron chi connectivity index (χ3n) is 4.89. The maximum absolute atomic E-state index is 12.6. The Hall–Kier alpha value is -2.29. The summed E-state index contributed by atoms with van der Waals surface area (Å²) in [5.74, 6) is 0.559. The highest BCUT2D eigenvalue weighted by Gasteiger charge is 2.46. The van der Waals surface area contributed by atoms with Crippen LogP contribution in [0.3, 0.4) is 0 Å². The average molecular weight is 347 g/mol. The molecule has 0 aliphatic carbocycles. The third kappa shape index (κ3) is 2.22. The number of fused-ring (bicyclic) bond motifs is 1. The van der Waals surface area contributed by atoms with E-state index >= 15 is 0 Å². The molecule has 2 aromatic heterocycles. The lowest BCUT2D eigenvalue weighted by atomic mass is 9.86. The van der Waals surface area contributed by atoms with E-state index < -0.39 is 11.1 Å². The van der Waals surface area contributed by atoms with E-state index in [2.05, 4.69) is 10.1 Å². The number of hydrogen-bond acceptors (Lipinski definition) is 6. The molecule has 8 nitrogen and oxygen atoms in total. The van der Waals surface area contributed by atoms with E-state index in [1.54, 1.807) is 10.3 Å². The number of amides is 1. The van der Waals surface area contributed by atoms with Gasteiger partial charge in [0.25, 0.3) is 5.91 Å². The smallest absolute Gasteiger partial charge is 0.332 e. The van der Waals surface area contributed by atoms with Crippen LogP contribution in [0, 0.1) is 12.3 Å². The van der Waals surface area contributed by atoms with Gasteiger partial charge in [0.15, 0.2) is 0 Å². The van der Waals surface area contributed by atoms with Crippen LogP contribution in [0.1, 0.15) is 27.7 Å². The van der Waals surface area contributed by atoms with E-state index in [1.807, 2.05) is 6.92 Å². The molecule has 4 heterocycles. The van der Waals surface area contributed by atoms with Crippen molar-refractivity contribution in [3.8, 4) is 0 Å². The van der Waals surface area contributed by atoms with Gasteiger partial charge in [-0.05, 0) is 13.3 Å². The number of carbonyl (C=O) groups is 1. The van der Waals surface area contributed by atoms with Gasteiger partial charge in [0.2, 0.25) is 0 Å². The van der Waals surface area contributed by atoms with Crippen molar-refractivity contribution >= 4 is 17.2 Å². The monoisotopic (exact) mass is 347 g/mol.